The van der Waals surface area contributed by atoms with Gasteiger partial charge in [0.15, 0.2) is 5.82 Å². The van der Waals surface area contributed by atoms with Gasteiger partial charge in [0.2, 0.25) is 0 Å². The van der Waals surface area contributed by atoms with Crippen molar-refractivity contribution in [3.05, 3.63) is 5.69 Å². The van der Waals surface area contributed by atoms with Gasteiger partial charge in [0.25, 0.3) is 0 Å². The van der Waals surface area contributed by atoms with Crippen molar-refractivity contribution in [2.45, 2.75) is 27.2 Å². The highest BCUT2D eigenvalue weighted by molar-refractivity contribution is 5.30. The van der Waals surface area contributed by atoms with Crippen LogP contribution in [-0.4, -0.2) is 10.3 Å². The highest BCUT2D eigenvalue weighted by Gasteiger charge is 1.99. The van der Waals surface area contributed by atoms with Crippen LogP contribution < -0.4 is 5.73 Å². The molecule has 0 bridgehead atoms. The predicted octanol–water partition coefficient (Wildman–Crippen LogP) is 1.24. The topological polar surface area (TPSA) is 64.9 Å². The molecule has 1 aromatic rings. The summed E-state index contributed by atoms with van der Waals surface area (Å²) in [5.74, 6) is 0.396. The highest BCUT2D eigenvalue weighted by Crippen LogP contribution is 2.02. The number of nitrogens with zero attached hydrogens (tertiary/aromatic N) is 2. The van der Waals surface area contributed by atoms with Crippen LogP contribution in [0.3, 0.4) is 0 Å². The van der Waals surface area contributed by atoms with Crippen LogP contribution in [0.15, 0.2) is 4.63 Å². The lowest BCUT2D eigenvalue weighted by Gasteiger charge is -1.80. The van der Waals surface area contributed by atoms with Crippen LogP contribution in [0.5, 0.6) is 0 Å². The van der Waals surface area contributed by atoms with Crippen molar-refractivity contribution >= 4 is 5.82 Å². The second-order valence-corrected chi connectivity index (χ2v) is 1.45. The summed E-state index contributed by atoms with van der Waals surface area (Å²) < 4.78 is 4.31. The molecule has 0 saturated heterocycles. The first kappa shape index (κ1) is 8.94. The normalized spacial score (nSPS) is 8.30. The second kappa shape index (κ2) is 4.78. The minimum Gasteiger partial charge on any atom is -0.379 e. The third-order valence-electron chi connectivity index (χ3n) is 0.921. The first-order valence-electron chi connectivity index (χ1n) is 3.41. The number of nitrogen functional groups attached to an aromatic ring is 1. The summed E-state index contributed by atoms with van der Waals surface area (Å²) in [5, 5.41) is 6.90. The second-order valence-electron chi connectivity index (χ2n) is 1.45. The third-order valence-corrected chi connectivity index (χ3v) is 0.921. The maximum Gasteiger partial charge on any atom is 0.191 e. The minimum atomic E-state index is 0.396. The van der Waals surface area contributed by atoms with Gasteiger partial charge >= 0.3 is 0 Å². The van der Waals surface area contributed by atoms with E-state index in [2.05, 4.69) is 14.9 Å². The Hall–Kier alpha value is -1.06. The molecule has 4 nitrogen and oxygen atoms in total. The average Bonchev–Trinajstić information content (AvgIpc) is 2.39. The number of aryl methyl sites for hydroxylation is 1. The van der Waals surface area contributed by atoms with E-state index >= 15 is 0 Å². The fourth-order valence-electron chi connectivity index (χ4n) is 0.459. The molecule has 0 aliphatic rings. The Kier molecular flexibility index (Phi) is 4.28. The van der Waals surface area contributed by atoms with Gasteiger partial charge < -0.3 is 5.73 Å². The number of anilines is 1. The Bertz CT molecular complexity index is 173. The number of hydrogen-bond donors (Lipinski definition) is 1. The van der Waals surface area contributed by atoms with Crippen molar-refractivity contribution in [1.82, 2.24) is 10.3 Å². The molecule has 0 radical (unpaired) electrons. The molecular formula is C6H13N3O. The molecular weight excluding hydrogens is 130 g/mol. The zero-order valence-electron chi connectivity index (χ0n) is 6.59. The molecule has 0 saturated carbocycles. The fraction of sp³-hybridized carbons (Fsp3) is 0.667. The summed E-state index contributed by atoms with van der Waals surface area (Å²) in [5.41, 5.74) is 6.01. The van der Waals surface area contributed by atoms with Gasteiger partial charge in [-0.25, -0.2) is 4.63 Å². The van der Waals surface area contributed by atoms with E-state index in [0.29, 0.717) is 5.82 Å². The summed E-state index contributed by atoms with van der Waals surface area (Å²) in [6.45, 7) is 5.94. The summed E-state index contributed by atoms with van der Waals surface area (Å²) >= 11 is 0. The zero-order valence-corrected chi connectivity index (χ0v) is 6.59. The predicted molar refractivity (Wildman–Crippen MR) is 39.4 cm³/mol. The molecule has 0 aliphatic carbocycles. The van der Waals surface area contributed by atoms with Gasteiger partial charge in [-0.15, -0.1) is 0 Å². The molecule has 1 aromatic heterocycles. The van der Waals surface area contributed by atoms with Crippen LogP contribution in [0.4, 0.5) is 5.82 Å². The van der Waals surface area contributed by atoms with Gasteiger partial charge in [-0.1, -0.05) is 25.9 Å². The number of hydrogen-bond acceptors (Lipinski definition) is 4. The zero-order chi connectivity index (χ0) is 7.98. The number of aromatic nitrogens is 2. The fourth-order valence-corrected chi connectivity index (χ4v) is 0.459. The minimum absolute atomic E-state index is 0.396. The SMILES string of the molecule is CC.CCc1nonc1N. The molecule has 0 unspecified atom stereocenters. The summed E-state index contributed by atoms with van der Waals surface area (Å²) in [4.78, 5) is 0. The molecule has 0 aliphatic heterocycles. The lowest BCUT2D eigenvalue weighted by molar-refractivity contribution is 0.305. The molecule has 0 fully saturated rings. The van der Waals surface area contributed by atoms with Gasteiger partial charge in [-0.3, -0.25) is 0 Å². The first-order chi connectivity index (χ1) is 4.84. The molecule has 0 spiro atoms. The lowest BCUT2D eigenvalue weighted by Crippen LogP contribution is -1.89. The molecule has 1 heterocycles. The maximum atomic E-state index is 5.28. The van der Waals surface area contributed by atoms with E-state index in [1.165, 1.54) is 0 Å². The van der Waals surface area contributed by atoms with Gasteiger partial charge in [0, 0.05) is 0 Å². The van der Waals surface area contributed by atoms with E-state index in [1.807, 2.05) is 20.8 Å². The van der Waals surface area contributed by atoms with E-state index in [-0.39, 0.29) is 0 Å². The molecule has 1 rings (SSSR count). The van der Waals surface area contributed by atoms with Crippen LogP contribution in [0, 0.1) is 0 Å². The Balaban J connectivity index is 0.000000371. The van der Waals surface area contributed by atoms with E-state index in [9.17, 15) is 0 Å². The Morgan fingerprint density at radius 2 is 2.00 bits per heavy atom. The lowest BCUT2D eigenvalue weighted by atomic mass is 10.3. The number of rotatable bonds is 1. The van der Waals surface area contributed by atoms with E-state index in [4.69, 9.17) is 5.73 Å². The van der Waals surface area contributed by atoms with Crippen LogP contribution in [0.2, 0.25) is 0 Å². The van der Waals surface area contributed by atoms with Crippen LogP contribution in [-0.2, 0) is 6.42 Å². The summed E-state index contributed by atoms with van der Waals surface area (Å²) in [6, 6.07) is 0. The average molecular weight is 143 g/mol. The van der Waals surface area contributed by atoms with Crippen LogP contribution in [0.1, 0.15) is 26.5 Å². The van der Waals surface area contributed by atoms with E-state index < -0.39 is 0 Å². The largest absolute Gasteiger partial charge is 0.379 e. The highest BCUT2D eigenvalue weighted by atomic mass is 16.6. The smallest absolute Gasteiger partial charge is 0.191 e. The van der Waals surface area contributed by atoms with Crippen molar-refractivity contribution in [1.29, 1.82) is 0 Å². The number of nitrogens with two attached hydrogens (primary N) is 1. The van der Waals surface area contributed by atoms with Crippen molar-refractivity contribution in [3.63, 3.8) is 0 Å². The maximum absolute atomic E-state index is 5.28. The molecule has 0 aromatic carbocycles. The van der Waals surface area contributed by atoms with E-state index in [0.717, 1.165) is 12.1 Å². The Labute approximate surface area is 60.4 Å². The van der Waals surface area contributed by atoms with Gasteiger partial charge in [-0.2, -0.15) is 0 Å². The van der Waals surface area contributed by atoms with Crippen molar-refractivity contribution < 1.29 is 4.63 Å². The van der Waals surface area contributed by atoms with Crippen molar-refractivity contribution in [2.24, 2.45) is 0 Å². The van der Waals surface area contributed by atoms with E-state index in [1.54, 1.807) is 0 Å². The van der Waals surface area contributed by atoms with Gasteiger partial charge in [0.05, 0.1) is 0 Å². The molecule has 4 heteroatoms. The quantitative estimate of drug-likeness (QED) is 0.642. The molecule has 10 heavy (non-hydrogen) atoms. The third kappa shape index (κ3) is 2.05. The molecule has 0 amide bonds. The first-order valence-corrected chi connectivity index (χ1v) is 3.41. The Morgan fingerprint density at radius 3 is 2.20 bits per heavy atom. The molecule has 2 N–H and O–H groups in total. The monoisotopic (exact) mass is 143 g/mol. The standard InChI is InChI=1S/C4H7N3O.C2H6/c1-2-3-4(5)7-8-6-3;1-2/h2H2,1H3,(H2,5,7);1-2H3. The van der Waals surface area contributed by atoms with Crippen molar-refractivity contribution in [2.75, 3.05) is 5.73 Å². The molecule has 58 valence electrons. The van der Waals surface area contributed by atoms with Crippen LogP contribution >= 0.6 is 0 Å². The Morgan fingerprint density at radius 1 is 1.40 bits per heavy atom. The summed E-state index contributed by atoms with van der Waals surface area (Å²) in [6.07, 6.45) is 0.773. The summed E-state index contributed by atoms with van der Waals surface area (Å²) in [7, 11) is 0. The van der Waals surface area contributed by atoms with Crippen molar-refractivity contribution in [3.8, 4) is 0 Å². The van der Waals surface area contributed by atoms with Crippen LogP contribution in [0.25, 0.3) is 0 Å². The molecule has 0 atom stereocenters. The van der Waals surface area contributed by atoms with Gasteiger partial charge in [0.1, 0.15) is 5.69 Å². The van der Waals surface area contributed by atoms with Gasteiger partial charge in [-0.05, 0) is 11.6 Å².